The molecule has 0 aliphatic heterocycles. The van der Waals surface area contributed by atoms with Crippen LogP contribution >= 0.6 is 11.8 Å². The number of nitrogens with two attached hydrogens (primary N) is 1. The van der Waals surface area contributed by atoms with Gasteiger partial charge in [-0.25, -0.2) is 0 Å². The summed E-state index contributed by atoms with van der Waals surface area (Å²) in [6.07, 6.45) is 0.585. The number of benzene rings is 1. The van der Waals surface area contributed by atoms with E-state index in [0.717, 1.165) is 11.5 Å². The number of hydrogen-bond acceptors (Lipinski definition) is 6. The van der Waals surface area contributed by atoms with Crippen molar-refractivity contribution < 1.29 is 9.53 Å². The fourth-order valence-electron chi connectivity index (χ4n) is 2.19. The van der Waals surface area contributed by atoms with Crippen LogP contribution < -0.4 is 15.8 Å². The molecular weight excluding hydrogens is 314 g/mol. The predicted molar refractivity (Wildman–Crippen MR) is 91.8 cm³/mol. The van der Waals surface area contributed by atoms with Crippen LogP contribution in [0.25, 0.3) is 0 Å². The van der Waals surface area contributed by atoms with E-state index in [-0.39, 0.29) is 11.9 Å². The van der Waals surface area contributed by atoms with E-state index in [2.05, 4.69) is 15.5 Å². The number of thioether (sulfide) groups is 1. The molecular formula is C15H21N5O2S. The van der Waals surface area contributed by atoms with Gasteiger partial charge < -0.3 is 15.8 Å². The Balaban J connectivity index is 2.19. The lowest BCUT2D eigenvalue weighted by Gasteiger charge is -2.19. The normalized spacial score (nSPS) is 12.0. The highest BCUT2D eigenvalue weighted by Crippen LogP contribution is 2.26. The quantitative estimate of drug-likeness (QED) is 0.755. The number of anilines is 2. The third-order valence-electron chi connectivity index (χ3n) is 3.32. The zero-order valence-corrected chi connectivity index (χ0v) is 14.3. The van der Waals surface area contributed by atoms with E-state index in [0.29, 0.717) is 17.3 Å². The molecule has 1 heterocycles. The van der Waals surface area contributed by atoms with Gasteiger partial charge in [0.2, 0.25) is 11.9 Å². The van der Waals surface area contributed by atoms with Gasteiger partial charge in [0.1, 0.15) is 11.8 Å². The number of aromatic nitrogens is 3. The highest BCUT2D eigenvalue weighted by atomic mass is 32.2. The van der Waals surface area contributed by atoms with Gasteiger partial charge in [0.25, 0.3) is 0 Å². The van der Waals surface area contributed by atoms with Crippen LogP contribution in [-0.2, 0) is 4.79 Å². The number of carbonyl (C=O) groups excluding carboxylic acids is 1. The molecule has 124 valence electrons. The van der Waals surface area contributed by atoms with Gasteiger partial charge in [0.15, 0.2) is 5.16 Å². The molecule has 2 aromatic rings. The van der Waals surface area contributed by atoms with Crippen molar-refractivity contribution in [2.45, 2.75) is 31.5 Å². The van der Waals surface area contributed by atoms with Gasteiger partial charge in [-0.2, -0.15) is 0 Å². The second-order valence-corrected chi connectivity index (χ2v) is 6.02. The predicted octanol–water partition coefficient (Wildman–Crippen LogP) is 2.57. The molecule has 8 heteroatoms. The average molecular weight is 335 g/mol. The van der Waals surface area contributed by atoms with Gasteiger partial charge in [0.05, 0.1) is 7.11 Å². The number of amides is 1. The Morgan fingerprint density at radius 1 is 1.35 bits per heavy atom. The Hall–Kier alpha value is -2.22. The monoisotopic (exact) mass is 335 g/mol. The van der Waals surface area contributed by atoms with Gasteiger partial charge in [-0.05, 0) is 36.4 Å². The molecule has 1 amide bonds. The van der Waals surface area contributed by atoms with Crippen LogP contribution in [0.5, 0.6) is 5.75 Å². The highest BCUT2D eigenvalue weighted by Gasteiger charge is 2.24. The number of rotatable bonds is 7. The van der Waals surface area contributed by atoms with E-state index in [9.17, 15) is 4.79 Å². The lowest BCUT2D eigenvalue weighted by molar-refractivity contribution is -0.119. The summed E-state index contributed by atoms with van der Waals surface area (Å²) in [6.45, 7) is 3.94. The minimum Gasteiger partial charge on any atom is -0.497 e. The van der Waals surface area contributed by atoms with Gasteiger partial charge in [-0.15, -0.1) is 10.2 Å². The Morgan fingerprint density at radius 2 is 2.04 bits per heavy atom. The summed E-state index contributed by atoms with van der Waals surface area (Å²) in [6, 6.07) is 6.71. The molecule has 0 saturated heterocycles. The number of nitrogens with zero attached hydrogens (tertiary/aromatic N) is 3. The fraction of sp³-hybridized carbons (Fsp3) is 0.400. The van der Waals surface area contributed by atoms with Crippen molar-refractivity contribution in [3.05, 3.63) is 24.3 Å². The fourth-order valence-corrected chi connectivity index (χ4v) is 2.91. The van der Waals surface area contributed by atoms with Crippen LogP contribution in [0.15, 0.2) is 29.4 Å². The maximum atomic E-state index is 12.6. The first kappa shape index (κ1) is 17.1. The summed E-state index contributed by atoms with van der Waals surface area (Å²) >= 11 is 1.51. The first-order valence-electron chi connectivity index (χ1n) is 7.38. The first-order valence-corrected chi connectivity index (χ1v) is 8.37. The molecule has 1 aromatic carbocycles. The Labute approximate surface area is 139 Å². The molecule has 3 N–H and O–H groups in total. The molecule has 0 fully saturated rings. The zero-order chi connectivity index (χ0) is 16.8. The molecule has 0 radical (unpaired) electrons. The topological polar surface area (TPSA) is 95.1 Å². The maximum absolute atomic E-state index is 12.6. The smallest absolute Gasteiger partial charge is 0.247 e. The Kier molecular flexibility index (Phi) is 5.86. The number of hydrogen-bond donors (Lipinski definition) is 2. The van der Waals surface area contributed by atoms with Crippen LogP contribution in [0.4, 0.5) is 11.6 Å². The number of nitrogen functional groups attached to an aromatic ring is 1. The minimum absolute atomic E-state index is 0.151. The Bertz CT molecular complexity index is 656. The van der Waals surface area contributed by atoms with Crippen molar-refractivity contribution in [2.75, 3.05) is 23.9 Å². The molecule has 7 nitrogen and oxygen atoms in total. The molecule has 1 aromatic heterocycles. The molecule has 0 bridgehead atoms. The van der Waals surface area contributed by atoms with Crippen molar-refractivity contribution in [3.63, 3.8) is 0 Å². The van der Waals surface area contributed by atoms with Gasteiger partial charge in [-0.3, -0.25) is 9.36 Å². The number of methoxy groups -OCH3 is 1. The molecule has 23 heavy (non-hydrogen) atoms. The van der Waals surface area contributed by atoms with E-state index in [4.69, 9.17) is 10.5 Å². The van der Waals surface area contributed by atoms with Crippen molar-refractivity contribution in [3.8, 4) is 5.75 Å². The number of ether oxygens (including phenoxy) is 1. The summed E-state index contributed by atoms with van der Waals surface area (Å²) in [5.41, 5.74) is 6.60. The SMILES string of the molecule is CCSc1nnc(N)n1[C@H](CC)C(=O)Nc1ccc(OC)cc1. The largest absolute Gasteiger partial charge is 0.497 e. The van der Waals surface area contributed by atoms with Crippen molar-refractivity contribution in [1.29, 1.82) is 0 Å². The minimum atomic E-state index is -0.457. The van der Waals surface area contributed by atoms with Crippen LogP contribution in [-0.4, -0.2) is 33.5 Å². The summed E-state index contributed by atoms with van der Waals surface area (Å²) in [7, 11) is 1.60. The van der Waals surface area contributed by atoms with E-state index in [1.165, 1.54) is 11.8 Å². The van der Waals surface area contributed by atoms with Crippen LogP contribution in [0.2, 0.25) is 0 Å². The van der Waals surface area contributed by atoms with Gasteiger partial charge >= 0.3 is 0 Å². The molecule has 0 aliphatic rings. The lowest BCUT2D eigenvalue weighted by Crippen LogP contribution is -2.27. The molecule has 0 saturated carbocycles. The third-order valence-corrected chi connectivity index (χ3v) is 4.15. The second-order valence-electron chi connectivity index (χ2n) is 4.79. The summed E-state index contributed by atoms with van der Waals surface area (Å²) < 4.78 is 6.79. The molecule has 1 atom stereocenters. The number of nitrogens with one attached hydrogen (secondary N) is 1. The van der Waals surface area contributed by atoms with Crippen molar-refractivity contribution in [1.82, 2.24) is 14.8 Å². The van der Waals surface area contributed by atoms with Crippen LogP contribution in [0.1, 0.15) is 26.3 Å². The van der Waals surface area contributed by atoms with E-state index >= 15 is 0 Å². The number of carbonyl (C=O) groups is 1. The van der Waals surface area contributed by atoms with Crippen LogP contribution in [0.3, 0.4) is 0 Å². The molecule has 0 aliphatic carbocycles. The summed E-state index contributed by atoms with van der Waals surface area (Å²) in [5.74, 6) is 1.66. The third kappa shape index (κ3) is 3.95. The zero-order valence-electron chi connectivity index (χ0n) is 13.4. The maximum Gasteiger partial charge on any atom is 0.247 e. The van der Waals surface area contributed by atoms with Crippen molar-refractivity contribution in [2.24, 2.45) is 0 Å². The first-order chi connectivity index (χ1) is 11.1. The molecule has 0 spiro atoms. The average Bonchev–Trinajstić information content (AvgIpc) is 2.91. The van der Waals surface area contributed by atoms with Crippen LogP contribution in [0, 0.1) is 0 Å². The van der Waals surface area contributed by atoms with E-state index in [1.807, 2.05) is 13.8 Å². The van der Waals surface area contributed by atoms with Gasteiger partial charge in [0, 0.05) is 5.69 Å². The van der Waals surface area contributed by atoms with Crippen molar-refractivity contribution >= 4 is 29.3 Å². The van der Waals surface area contributed by atoms with Gasteiger partial charge in [-0.1, -0.05) is 25.6 Å². The highest BCUT2D eigenvalue weighted by molar-refractivity contribution is 7.99. The molecule has 2 rings (SSSR count). The summed E-state index contributed by atoms with van der Waals surface area (Å²) in [5, 5.41) is 11.5. The lowest BCUT2D eigenvalue weighted by atomic mass is 10.2. The standard InChI is InChI=1S/C15H21N5O2S/c1-4-12(20-14(16)18-19-15(20)23-5-2)13(21)17-10-6-8-11(22-3)9-7-10/h6-9,12H,4-5H2,1-3H3,(H2,16,18)(H,17,21)/t12-/m1/s1. The van der Waals surface area contributed by atoms with E-state index < -0.39 is 6.04 Å². The summed E-state index contributed by atoms with van der Waals surface area (Å²) in [4.78, 5) is 12.6. The second kappa shape index (κ2) is 7.87. The van der Waals surface area contributed by atoms with E-state index in [1.54, 1.807) is 35.9 Å². The Morgan fingerprint density at radius 3 is 2.61 bits per heavy atom. The molecule has 0 unspecified atom stereocenters.